The van der Waals surface area contributed by atoms with Crippen molar-refractivity contribution in [2.45, 2.75) is 46.6 Å². The highest BCUT2D eigenvalue weighted by Gasteiger charge is 2.17. The van der Waals surface area contributed by atoms with E-state index in [4.69, 9.17) is 4.98 Å². The molecule has 2 aromatic carbocycles. The third-order valence-electron chi connectivity index (χ3n) is 5.96. The second-order valence-corrected chi connectivity index (χ2v) is 8.35. The van der Waals surface area contributed by atoms with Gasteiger partial charge in [0.05, 0.1) is 5.69 Å². The Kier molecular flexibility index (Phi) is 6.64. The van der Waals surface area contributed by atoms with Crippen molar-refractivity contribution in [3.05, 3.63) is 101 Å². The molecule has 0 saturated heterocycles. The molecular weight excluding hydrogens is 396 g/mol. The lowest BCUT2D eigenvalue weighted by Crippen LogP contribution is -2.32. The van der Waals surface area contributed by atoms with Gasteiger partial charge >= 0.3 is 0 Å². The fourth-order valence-electron chi connectivity index (χ4n) is 4.20. The summed E-state index contributed by atoms with van der Waals surface area (Å²) >= 11 is 0. The molecule has 0 atom stereocenters. The molecule has 4 aromatic rings. The molecule has 0 aliphatic carbocycles. The minimum atomic E-state index is 0.167. The quantitative estimate of drug-likeness (QED) is 0.404. The first kappa shape index (κ1) is 21.8. The van der Waals surface area contributed by atoms with Crippen LogP contribution in [0.4, 0.5) is 0 Å². The van der Waals surface area contributed by atoms with Crippen molar-refractivity contribution in [2.24, 2.45) is 0 Å². The van der Waals surface area contributed by atoms with E-state index in [2.05, 4.69) is 36.3 Å². The number of rotatable bonds is 8. The van der Waals surface area contributed by atoms with Gasteiger partial charge in [-0.3, -0.25) is 4.79 Å². The number of benzene rings is 2. The van der Waals surface area contributed by atoms with E-state index in [0.29, 0.717) is 25.9 Å². The van der Waals surface area contributed by atoms with Crippen LogP contribution in [-0.4, -0.2) is 31.9 Å². The first-order valence-corrected chi connectivity index (χ1v) is 11.2. The van der Waals surface area contributed by atoms with Gasteiger partial charge in [-0.1, -0.05) is 60.7 Å². The highest BCUT2D eigenvalue weighted by Crippen LogP contribution is 2.18. The number of hydrogen-bond acceptors (Lipinski definition) is 3. The normalized spacial score (nSPS) is 11.1. The molecule has 0 bridgehead atoms. The minimum absolute atomic E-state index is 0.167. The number of carbonyl (C=O) groups excluding carboxylic acids is 1. The molecule has 0 spiro atoms. The smallest absolute Gasteiger partial charge is 0.223 e. The highest BCUT2D eigenvalue weighted by molar-refractivity contribution is 5.76. The molecular formula is C27H30N4O. The van der Waals surface area contributed by atoms with E-state index in [-0.39, 0.29) is 5.91 Å². The predicted molar refractivity (Wildman–Crippen MR) is 128 cm³/mol. The lowest BCUT2D eigenvalue weighted by atomic mass is 10.1. The third-order valence-corrected chi connectivity index (χ3v) is 5.96. The van der Waals surface area contributed by atoms with Gasteiger partial charge in [0.2, 0.25) is 5.91 Å². The van der Waals surface area contributed by atoms with E-state index in [1.807, 2.05) is 65.7 Å². The van der Waals surface area contributed by atoms with Gasteiger partial charge in [-0.15, -0.1) is 0 Å². The molecule has 4 rings (SSSR count). The molecule has 0 N–H and O–H groups in total. The van der Waals surface area contributed by atoms with Crippen LogP contribution in [0.5, 0.6) is 0 Å². The molecule has 2 heterocycles. The number of fused-ring (bicyclic) bond motifs is 1. The summed E-state index contributed by atoms with van der Waals surface area (Å²) in [5.41, 5.74) is 7.35. The fourth-order valence-corrected chi connectivity index (χ4v) is 4.20. The van der Waals surface area contributed by atoms with Gasteiger partial charge in [-0.25, -0.2) is 9.50 Å². The van der Waals surface area contributed by atoms with Gasteiger partial charge in [-0.05, 0) is 50.3 Å². The van der Waals surface area contributed by atoms with Crippen molar-refractivity contribution < 1.29 is 4.79 Å². The molecule has 0 aliphatic rings. The van der Waals surface area contributed by atoms with Crippen LogP contribution in [0, 0.1) is 20.8 Å². The van der Waals surface area contributed by atoms with Crippen LogP contribution in [0.15, 0.2) is 66.7 Å². The topological polar surface area (TPSA) is 50.5 Å². The number of amides is 1. The number of aryl methyl sites for hydroxylation is 3. The van der Waals surface area contributed by atoms with Crippen LogP contribution >= 0.6 is 0 Å². The zero-order chi connectivity index (χ0) is 22.5. The van der Waals surface area contributed by atoms with E-state index in [9.17, 15) is 4.79 Å². The van der Waals surface area contributed by atoms with Crippen LogP contribution in [0.1, 0.15) is 40.2 Å². The first-order chi connectivity index (χ1) is 15.5. The Bertz CT molecular complexity index is 1200. The van der Waals surface area contributed by atoms with Crippen LogP contribution in [-0.2, 0) is 24.2 Å². The average molecular weight is 427 g/mol. The summed E-state index contributed by atoms with van der Waals surface area (Å²) in [4.78, 5) is 20.0. The molecule has 0 fully saturated rings. The molecule has 0 aliphatic heterocycles. The Morgan fingerprint density at radius 3 is 2.25 bits per heavy atom. The molecule has 1 amide bonds. The molecule has 32 heavy (non-hydrogen) atoms. The average Bonchev–Trinajstić information content (AvgIpc) is 3.18. The predicted octanol–water partition coefficient (Wildman–Crippen LogP) is 4.86. The summed E-state index contributed by atoms with van der Waals surface area (Å²) in [6, 6.07) is 22.5. The van der Waals surface area contributed by atoms with Crippen LogP contribution in [0.2, 0.25) is 0 Å². The largest absolute Gasteiger partial charge is 0.338 e. The van der Waals surface area contributed by atoms with Crippen molar-refractivity contribution in [2.75, 3.05) is 6.54 Å². The van der Waals surface area contributed by atoms with Crippen molar-refractivity contribution in [1.29, 1.82) is 0 Å². The SMILES string of the molecule is Cc1cc2nc(C)c(CCC(=O)N(CCc3ccccc3)Cc3ccccc3)c(C)n2n1. The maximum atomic E-state index is 13.3. The number of aromatic nitrogens is 3. The van der Waals surface area contributed by atoms with Gasteiger partial charge in [-0.2, -0.15) is 5.10 Å². The lowest BCUT2D eigenvalue weighted by Gasteiger charge is -2.23. The van der Waals surface area contributed by atoms with Crippen molar-refractivity contribution in [3.63, 3.8) is 0 Å². The summed E-state index contributed by atoms with van der Waals surface area (Å²) in [7, 11) is 0. The molecule has 5 nitrogen and oxygen atoms in total. The Hall–Kier alpha value is -3.47. The number of carbonyl (C=O) groups is 1. The zero-order valence-electron chi connectivity index (χ0n) is 19.1. The molecule has 0 saturated carbocycles. The first-order valence-electron chi connectivity index (χ1n) is 11.2. The Morgan fingerprint density at radius 2 is 1.56 bits per heavy atom. The van der Waals surface area contributed by atoms with E-state index >= 15 is 0 Å². The van der Waals surface area contributed by atoms with Crippen LogP contribution < -0.4 is 0 Å². The zero-order valence-corrected chi connectivity index (χ0v) is 19.1. The lowest BCUT2D eigenvalue weighted by molar-refractivity contribution is -0.131. The van der Waals surface area contributed by atoms with Gasteiger partial charge in [0.15, 0.2) is 5.65 Å². The third kappa shape index (κ3) is 5.05. The minimum Gasteiger partial charge on any atom is -0.338 e. The molecule has 5 heteroatoms. The summed E-state index contributed by atoms with van der Waals surface area (Å²) in [6.07, 6.45) is 1.96. The Labute approximate surface area is 189 Å². The van der Waals surface area contributed by atoms with E-state index < -0.39 is 0 Å². The number of hydrogen-bond donors (Lipinski definition) is 0. The van der Waals surface area contributed by atoms with Crippen molar-refractivity contribution in [3.8, 4) is 0 Å². The fraction of sp³-hybridized carbons (Fsp3) is 0.296. The standard InChI is InChI=1S/C27H30N4O/c1-20-18-26-28-21(2)25(22(3)31(26)29-20)14-15-27(32)30(19-24-12-8-5-9-13-24)17-16-23-10-6-4-7-11-23/h4-13,18H,14-17,19H2,1-3H3. The van der Waals surface area contributed by atoms with Gasteiger partial charge < -0.3 is 4.90 Å². The maximum absolute atomic E-state index is 13.3. The maximum Gasteiger partial charge on any atom is 0.223 e. The highest BCUT2D eigenvalue weighted by atomic mass is 16.2. The van der Waals surface area contributed by atoms with E-state index in [1.54, 1.807) is 0 Å². The van der Waals surface area contributed by atoms with E-state index in [0.717, 1.165) is 40.3 Å². The summed E-state index contributed by atoms with van der Waals surface area (Å²) in [5.74, 6) is 0.167. The Morgan fingerprint density at radius 1 is 0.906 bits per heavy atom. The van der Waals surface area contributed by atoms with Gasteiger partial charge in [0, 0.05) is 37.0 Å². The van der Waals surface area contributed by atoms with Crippen LogP contribution in [0.25, 0.3) is 5.65 Å². The molecule has 2 aromatic heterocycles. The second kappa shape index (κ2) is 9.77. The monoisotopic (exact) mass is 426 g/mol. The summed E-state index contributed by atoms with van der Waals surface area (Å²) in [5, 5.41) is 4.55. The second-order valence-electron chi connectivity index (χ2n) is 8.35. The summed E-state index contributed by atoms with van der Waals surface area (Å²) in [6.45, 7) is 7.38. The van der Waals surface area contributed by atoms with Crippen molar-refractivity contribution >= 4 is 11.6 Å². The number of nitrogens with zero attached hydrogens (tertiary/aromatic N) is 4. The molecule has 0 radical (unpaired) electrons. The van der Waals surface area contributed by atoms with Crippen LogP contribution in [0.3, 0.4) is 0 Å². The summed E-state index contributed by atoms with van der Waals surface area (Å²) < 4.78 is 1.89. The Balaban J connectivity index is 1.49. The van der Waals surface area contributed by atoms with E-state index in [1.165, 1.54) is 5.56 Å². The van der Waals surface area contributed by atoms with Gasteiger partial charge in [0.25, 0.3) is 0 Å². The van der Waals surface area contributed by atoms with Gasteiger partial charge in [0.1, 0.15) is 0 Å². The molecule has 164 valence electrons. The molecule has 0 unspecified atom stereocenters. The van der Waals surface area contributed by atoms with Crippen molar-refractivity contribution in [1.82, 2.24) is 19.5 Å².